The van der Waals surface area contributed by atoms with Crippen molar-refractivity contribution in [3.05, 3.63) is 22.8 Å². The molecule has 1 aromatic rings. The molecule has 0 aromatic heterocycles. The summed E-state index contributed by atoms with van der Waals surface area (Å²) < 4.78 is 0. The lowest BCUT2D eigenvalue weighted by atomic mass is 9.87. The summed E-state index contributed by atoms with van der Waals surface area (Å²) in [6.07, 6.45) is 3.97. The second-order valence-corrected chi connectivity index (χ2v) is 122. The first kappa shape index (κ1) is 89.4. The van der Waals surface area contributed by atoms with Crippen LogP contribution in [0, 0.1) is 6.92 Å². The SMILES string of the molecule is Cc1cc(N)c(N)c2c1C1CCC2C1.S=S=S=S=S=S=S=S=S=S=S=S=S=S=S=S=S=S=S=S=S=S=S=S=S=S=S=S=S=S=S=S=S=S=S=S=S=S=S=S=S=S=S=S=S=S=S=S=S=S=S=S=S=S=S=S=S=S=S=S=S=S=S=S=S=S. The van der Waals surface area contributed by atoms with Gasteiger partial charge in [-0.05, 0) is 60.8 Å². The van der Waals surface area contributed by atoms with Crippen molar-refractivity contribution in [1.29, 1.82) is 0 Å². The van der Waals surface area contributed by atoms with Crippen LogP contribution in [0.25, 0.3) is 0 Å². The number of benzene rings is 1. The van der Waals surface area contributed by atoms with E-state index in [0.717, 1.165) is 17.3 Å². The Bertz CT molecular complexity index is 5340. The minimum atomic E-state index is 0.706. The van der Waals surface area contributed by atoms with Crippen LogP contribution in [0.3, 0.4) is 0 Å². The van der Waals surface area contributed by atoms with Crippen LogP contribution in [0.2, 0.25) is 0 Å². The van der Waals surface area contributed by atoms with Gasteiger partial charge in [-0.25, -0.2) is 0 Å². The lowest BCUT2D eigenvalue weighted by Gasteiger charge is -2.20. The number of nitrogen functional groups attached to an aromatic ring is 2. The van der Waals surface area contributed by atoms with Gasteiger partial charge in [-0.1, -0.05) is 0 Å². The minimum Gasteiger partial charge on any atom is -0.397 e. The second kappa shape index (κ2) is 73.6. The van der Waals surface area contributed by atoms with Crippen molar-refractivity contribution in [1.82, 2.24) is 0 Å². The predicted molar refractivity (Wildman–Crippen MR) is 545 cm³/mol. The molecule has 3 rings (SSSR count). The molecule has 0 radical (unpaired) electrons. The number of anilines is 2. The van der Waals surface area contributed by atoms with E-state index in [0.29, 0.717) is 5.92 Å². The average molecular weight is 2300 g/mol. The molecule has 1 fully saturated rings. The van der Waals surface area contributed by atoms with E-state index in [-0.39, 0.29) is 0 Å². The van der Waals surface area contributed by atoms with Crippen molar-refractivity contribution in [2.45, 2.75) is 38.0 Å². The average Bonchev–Trinajstić information content (AvgIpc) is 4.33. The third-order valence-electron chi connectivity index (χ3n) is 5.69. The van der Waals surface area contributed by atoms with Gasteiger partial charge in [-0.2, -0.15) is 0 Å². The Hall–Kier alpha value is 13.3. The number of nitrogens with two attached hydrogens (primary N) is 2. The largest absolute Gasteiger partial charge is 0.397 e. The molecule has 1 aromatic carbocycles. The van der Waals surface area contributed by atoms with Crippen molar-refractivity contribution in [3.8, 4) is 0 Å². The quantitative estimate of drug-likeness (QED) is 0.393. The number of hydrogen-bond donors (Lipinski definition) is 2. The molecule has 2 unspecified atom stereocenters. The molecule has 0 spiro atoms. The topological polar surface area (TPSA) is 52.0 Å². The molecule has 2 nitrogen and oxygen atoms in total. The molecule has 470 valence electrons. The lowest BCUT2D eigenvalue weighted by molar-refractivity contribution is 0.715. The van der Waals surface area contributed by atoms with Gasteiger partial charge in [0.25, 0.3) is 0 Å². The van der Waals surface area contributed by atoms with Gasteiger partial charge in [-0.3, -0.25) is 0 Å². The smallest absolute Gasteiger partial charge is 0.0586 e. The van der Waals surface area contributed by atoms with Crippen molar-refractivity contribution < 1.29 is 0 Å². The van der Waals surface area contributed by atoms with E-state index >= 15 is 0 Å². The van der Waals surface area contributed by atoms with Gasteiger partial charge in [0.05, 0.1) is 11.4 Å². The van der Waals surface area contributed by atoms with Crippen LogP contribution in [-0.2, 0) is 591 Å². The van der Waals surface area contributed by atoms with Crippen molar-refractivity contribution in [2.75, 3.05) is 11.5 Å². The molecule has 80 heavy (non-hydrogen) atoms. The van der Waals surface area contributed by atoms with E-state index in [2.05, 4.69) is 6.92 Å². The molecular weight excluding hydrogens is 2290 g/mol. The van der Waals surface area contributed by atoms with E-state index in [1.807, 2.05) is 450 Å². The number of hydrogen-bond acceptors (Lipinski definition) is 4. The van der Waals surface area contributed by atoms with Crippen LogP contribution in [0.4, 0.5) is 11.4 Å². The summed E-state index contributed by atoms with van der Waals surface area (Å²) >= 11 is 9.64. The Balaban J connectivity index is 0.00000132. The Morgan fingerprint density at radius 2 is 0.412 bits per heavy atom. The van der Waals surface area contributed by atoms with Gasteiger partial charge in [0.1, 0.15) is 0 Å². The number of aryl methyl sites for hydroxylation is 1. The molecule has 4 N–H and O–H groups in total. The van der Waals surface area contributed by atoms with Crippen LogP contribution in [-0.4, -0.2) is 0 Å². The third kappa shape index (κ3) is 58.0. The summed E-state index contributed by atoms with van der Waals surface area (Å²) in [7, 11) is 115. The Labute approximate surface area is 655 Å². The van der Waals surface area contributed by atoms with Crippen LogP contribution in [0.15, 0.2) is 6.07 Å². The van der Waals surface area contributed by atoms with Crippen LogP contribution in [0.1, 0.15) is 47.8 Å². The highest BCUT2D eigenvalue weighted by Gasteiger charge is 2.39. The maximum absolute atomic E-state index is 6.06. The van der Waals surface area contributed by atoms with Crippen LogP contribution < -0.4 is 11.5 Å². The van der Waals surface area contributed by atoms with Crippen LogP contribution in [0.5, 0.6) is 0 Å². The zero-order valence-electron chi connectivity index (χ0n) is 35.5. The Morgan fingerprint density at radius 1 is 0.263 bits per heavy atom. The van der Waals surface area contributed by atoms with Gasteiger partial charge >= 0.3 is 0 Å². The number of fused-ring (bicyclic) bond motifs is 5. The first-order valence-corrected chi connectivity index (χ1v) is 103. The fraction of sp³-hybridized carbons (Fsp3) is 0.500. The number of rotatable bonds is 0. The van der Waals surface area contributed by atoms with Crippen molar-refractivity contribution in [3.63, 3.8) is 0 Å². The molecule has 2 bridgehead atoms. The zero-order valence-corrected chi connectivity index (χ0v) is 89.3. The standard InChI is InChI=1S/C12H16N2.S66/c1-6-4-9(13)12(14)11-8-3-2-7(5-8)10(6)11;1-3-5-7-9-11-13-15-17-19-21-23-25-27-29-31-33-35-37-39-41-43-45-47-49-51-53-55-57-59-61-63-65-66-64-62-60-58-56-54-52-50-48-46-44-42-40-38-36-34-32-30-28-26-24-22-20-18-16-14-12-10-8-6-4-2/h4,7-8H,2-3,5,13-14H2,1H3;. The highest BCUT2D eigenvalue weighted by Crippen LogP contribution is 2.56. The van der Waals surface area contributed by atoms with Crippen molar-refractivity contribution in [2.24, 2.45) is 0 Å². The fourth-order valence-corrected chi connectivity index (χ4v) is 174. The predicted octanol–water partition coefficient (Wildman–Crippen LogP) is 2.37. The van der Waals surface area contributed by atoms with E-state index in [1.54, 1.807) is 107 Å². The first-order chi connectivity index (χ1) is 39.6. The lowest BCUT2D eigenvalue weighted by Crippen LogP contribution is -2.07. The maximum Gasteiger partial charge on any atom is 0.0586 e. The summed E-state index contributed by atoms with van der Waals surface area (Å²) in [6, 6.07) is 2.04. The highest BCUT2D eigenvalue weighted by atomic mass is 33.5. The Morgan fingerprint density at radius 3 is 0.575 bits per heavy atom. The highest BCUT2D eigenvalue weighted by molar-refractivity contribution is 8.84. The molecule has 2 atom stereocenters. The van der Waals surface area contributed by atoms with E-state index in [1.165, 1.54) is 53.7 Å². The molecular formula is C12H16N2S66. The fourth-order valence-electron chi connectivity index (χ4n) is 4.09. The minimum absolute atomic E-state index is 0.706. The van der Waals surface area contributed by atoms with Crippen LogP contribution >= 0.6 is 0 Å². The maximum atomic E-state index is 6.06. The molecule has 2 aliphatic rings. The second-order valence-electron chi connectivity index (χ2n) is 9.09. The van der Waals surface area contributed by atoms with E-state index in [9.17, 15) is 0 Å². The molecule has 0 heterocycles. The molecule has 1 saturated carbocycles. The Kier molecular flexibility index (Phi) is 82.2. The molecule has 68 heteroatoms. The third-order valence-corrected chi connectivity index (χ3v) is 146. The monoisotopic (exact) mass is 2300 g/mol. The summed E-state index contributed by atoms with van der Waals surface area (Å²) in [4.78, 5) is 0. The first-order valence-electron chi connectivity index (χ1n) is 16.2. The van der Waals surface area contributed by atoms with E-state index in [4.69, 9.17) is 33.8 Å². The van der Waals surface area contributed by atoms with Gasteiger partial charge in [0, 0.05) is 591 Å². The van der Waals surface area contributed by atoms with Gasteiger partial charge in [0.15, 0.2) is 0 Å². The summed E-state index contributed by atoms with van der Waals surface area (Å²) in [5.41, 5.74) is 17.9. The van der Waals surface area contributed by atoms with Gasteiger partial charge in [0.2, 0.25) is 0 Å². The molecule has 0 aliphatic heterocycles. The summed E-state index contributed by atoms with van der Waals surface area (Å²) in [5, 5.41) is 0. The van der Waals surface area contributed by atoms with Crippen molar-refractivity contribution >= 4 is 602 Å². The van der Waals surface area contributed by atoms with Gasteiger partial charge < -0.3 is 11.5 Å². The molecule has 0 saturated heterocycles. The summed E-state index contributed by atoms with van der Waals surface area (Å²) in [6.45, 7) is 2.16. The van der Waals surface area contributed by atoms with E-state index < -0.39 is 0 Å². The normalized spacial score (nSPS) is 11.4. The van der Waals surface area contributed by atoms with Gasteiger partial charge in [-0.15, -0.1) is 0 Å². The zero-order chi connectivity index (χ0) is 57.1. The molecule has 0 amide bonds. The summed E-state index contributed by atoms with van der Waals surface area (Å²) in [5.74, 6) is 1.48. The molecule has 2 aliphatic carbocycles.